The summed E-state index contributed by atoms with van der Waals surface area (Å²) in [6, 6.07) is 8.02. The van der Waals surface area contributed by atoms with Crippen molar-refractivity contribution in [3.8, 4) is 5.75 Å². The van der Waals surface area contributed by atoms with Crippen molar-refractivity contribution < 1.29 is 9.53 Å². The summed E-state index contributed by atoms with van der Waals surface area (Å²) >= 11 is 0. The first-order valence-corrected chi connectivity index (χ1v) is 7.24. The second-order valence-electron chi connectivity index (χ2n) is 5.97. The van der Waals surface area contributed by atoms with Crippen LogP contribution in [-0.4, -0.2) is 29.0 Å². The molecule has 5 heteroatoms. The number of aromatic nitrogens is 2. The van der Waals surface area contributed by atoms with Crippen molar-refractivity contribution >= 4 is 5.91 Å². The summed E-state index contributed by atoms with van der Waals surface area (Å²) in [6.45, 7) is 7.33. The number of nitrogens with zero attached hydrogens (tertiary/aromatic N) is 2. The van der Waals surface area contributed by atoms with Crippen LogP contribution in [-0.2, 0) is 5.41 Å². The van der Waals surface area contributed by atoms with Gasteiger partial charge in [-0.3, -0.25) is 9.78 Å². The Morgan fingerprint density at radius 1 is 1.18 bits per heavy atom. The summed E-state index contributed by atoms with van der Waals surface area (Å²) in [5.74, 6) is 0.543. The summed E-state index contributed by atoms with van der Waals surface area (Å²) in [4.78, 5) is 19.5. The number of carbonyl (C=O) groups is 1. The molecule has 0 bridgehead atoms. The number of carbonyl (C=O) groups excluding carboxylic acids is 1. The van der Waals surface area contributed by atoms with E-state index in [4.69, 9.17) is 4.74 Å². The fourth-order valence-electron chi connectivity index (χ4n) is 1.89. The Labute approximate surface area is 130 Å². The number of nitrogens with one attached hydrogen (secondary N) is 1. The molecule has 0 atom stereocenters. The van der Waals surface area contributed by atoms with Gasteiger partial charge in [-0.25, -0.2) is 4.98 Å². The Bertz CT molecular complexity index is 604. The van der Waals surface area contributed by atoms with Crippen LogP contribution in [0.5, 0.6) is 5.75 Å². The zero-order valence-corrected chi connectivity index (χ0v) is 13.2. The highest BCUT2D eigenvalue weighted by molar-refractivity contribution is 5.91. The summed E-state index contributed by atoms with van der Waals surface area (Å²) < 4.78 is 5.61. The van der Waals surface area contributed by atoms with Crippen molar-refractivity contribution in [1.29, 1.82) is 0 Å². The van der Waals surface area contributed by atoms with Crippen molar-refractivity contribution in [2.75, 3.05) is 13.2 Å². The van der Waals surface area contributed by atoms with E-state index >= 15 is 0 Å². The molecule has 22 heavy (non-hydrogen) atoms. The molecule has 0 saturated heterocycles. The zero-order chi connectivity index (χ0) is 16.0. The zero-order valence-electron chi connectivity index (χ0n) is 13.2. The topological polar surface area (TPSA) is 64.1 Å². The molecule has 0 saturated carbocycles. The average Bonchev–Trinajstić information content (AvgIpc) is 2.52. The van der Waals surface area contributed by atoms with E-state index in [1.807, 2.05) is 12.1 Å². The molecule has 0 aliphatic carbocycles. The Balaban J connectivity index is 1.76. The largest absolute Gasteiger partial charge is 0.492 e. The Morgan fingerprint density at radius 2 is 1.91 bits per heavy atom. The maximum atomic E-state index is 11.7. The molecule has 1 aromatic carbocycles. The smallest absolute Gasteiger partial charge is 0.271 e. The molecular formula is C17H21N3O2. The third kappa shape index (κ3) is 4.55. The third-order valence-corrected chi connectivity index (χ3v) is 3.17. The van der Waals surface area contributed by atoms with Gasteiger partial charge >= 0.3 is 0 Å². The summed E-state index contributed by atoms with van der Waals surface area (Å²) in [7, 11) is 0. The summed E-state index contributed by atoms with van der Waals surface area (Å²) in [5.41, 5.74) is 1.69. The number of hydrogen-bond donors (Lipinski definition) is 1. The van der Waals surface area contributed by atoms with Crippen LogP contribution in [0.3, 0.4) is 0 Å². The molecule has 0 unspecified atom stereocenters. The van der Waals surface area contributed by atoms with Crippen LogP contribution in [0, 0.1) is 0 Å². The third-order valence-electron chi connectivity index (χ3n) is 3.17. The summed E-state index contributed by atoms with van der Waals surface area (Å²) in [5, 5.41) is 2.74. The van der Waals surface area contributed by atoms with Crippen molar-refractivity contribution in [2.24, 2.45) is 0 Å². The number of amides is 1. The van der Waals surface area contributed by atoms with E-state index in [-0.39, 0.29) is 11.3 Å². The average molecular weight is 299 g/mol. The van der Waals surface area contributed by atoms with Gasteiger partial charge in [-0.05, 0) is 23.1 Å². The fourth-order valence-corrected chi connectivity index (χ4v) is 1.89. The van der Waals surface area contributed by atoms with Crippen molar-refractivity contribution in [1.82, 2.24) is 15.3 Å². The lowest BCUT2D eigenvalue weighted by molar-refractivity contribution is 0.0941. The van der Waals surface area contributed by atoms with E-state index in [2.05, 4.69) is 48.2 Å². The number of ether oxygens (including phenoxy) is 1. The number of benzene rings is 1. The maximum Gasteiger partial charge on any atom is 0.271 e. The first-order chi connectivity index (χ1) is 10.5. The quantitative estimate of drug-likeness (QED) is 0.862. The van der Waals surface area contributed by atoms with Crippen LogP contribution >= 0.6 is 0 Å². The van der Waals surface area contributed by atoms with Crippen molar-refractivity contribution in [2.45, 2.75) is 26.2 Å². The molecule has 1 N–H and O–H groups in total. The molecule has 0 fully saturated rings. The maximum absolute atomic E-state index is 11.7. The van der Waals surface area contributed by atoms with E-state index in [1.165, 1.54) is 24.2 Å². The van der Waals surface area contributed by atoms with Crippen LogP contribution in [0.15, 0.2) is 42.9 Å². The number of hydrogen-bond acceptors (Lipinski definition) is 4. The molecule has 0 radical (unpaired) electrons. The lowest BCUT2D eigenvalue weighted by atomic mass is 9.87. The van der Waals surface area contributed by atoms with Crippen LogP contribution in [0.4, 0.5) is 0 Å². The molecule has 2 rings (SSSR count). The van der Waals surface area contributed by atoms with Gasteiger partial charge in [-0.2, -0.15) is 0 Å². The predicted molar refractivity (Wildman–Crippen MR) is 85.0 cm³/mol. The fraction of sp³-hybridized carbons (Fsp3) is 0.353. The van der Waals surface area contributed by atoms with Gasteiger partial charge in [0.05, 0.1) is 12.7 Å². The van der Waals surface area contributed by atoms with Gasteiger partial charge in [0.1, 0.15) is 18.1 Å². The highest BCUT2D eigenvalue weighted by Gasteiger charge is 2.13. The molecule has 1 heterocycles. The van der Waals surface area contributed by atoms with Gasteiger partial charge in [0.2, 0.25) is 0 Å². The minimum atomic E-state index is -0.250. The van der Waals surface area contributed by atoms with E-state index in [0.717, 1.165) is 5.75 Å². The lowest BCUT2D eigenvalue weighted by Gasteiger charge is -2.19. The molecule has 0 spiro atoms. The minimum absolute atomic E-state index is 0.128. The molecule has 1 aromatic heterocycles. The van der Waals surface area contributed by atoms with Crippen LogP contribution in [0.1, 0.15) is 36.8 Å². The molecule has 2 aromatic rings. The predicted octanol–water partition coefficient (Wildman–Crippen LogP) is 2.58. The van der Waals surface area contributed by atoms with Crippen LogP contribution in [0.25, 0.3) is 0 Å². The van der Waals surface area contributed by atoms with Crippen LogP contribution in [0.2, 0.25) is 0 Å². The van der Waals surface area contributed by atoms with Crippen molar-refractivity contribution in [3.63, 3.8) is 0 Å². The van der Waals surface area contributed by atoms with Gasteiger partial charge < -0.3 is 10.1 Å². The first kappa shape index (κ1) is 15.9. The first-order valence-electron chi connectivity index (χ1n) is 7.24. The van der Waals surface area contributed by atoms with E-state index < -0.39 is 0 Å². The van der Waals surface area contributed by atoms with Crippen molar-refractivity contribution in [3.05, 3.63) is 54.1 Å². The minimum Gasteiger partial charge on any atom is -0.492 e. The second kappa shape index (κ2) is 7.02. The van der Waals surface area contributed by atoms with E-state index in [1.54, 1.807) is 0 Å². The Kier molecular flexibility index (Phi) is 5.09. The molecular weight excluding hydrogens is 278 g/mol. The van der Waals surface area contributed by atoms with E-state index in [0.29, 0.717) is 18.8 Å². The monoisotopic (exact) mass is 299 g/mol. The Hall–Kier alpha value is -2.43. The van der Waals surface area contributed by atoms with Crippen LogP contribution < -0.4 is 10.1 Å². The molecule has 5 nitrogen and oxygen atoms in total. The standard InChI is InChI=1S/C17H21N3O2/c1-17(2,3)13-4-6-14(7-5-13)22-11-10-20-16(21)15-12-18-8-9-19-15/h4-9,12H,10-11H2,1-3H3,(H,20,21). The molecule has 1 amide bonds. The van der Waals surface area contributed by atoms with Gasteiger partial charge in [0.25, 0.3) is 5.91 Å². The van der Waals surface area contributed by atoms with Gasteiger partial charge in [-0.15, -0.1) is 0 Å². The highest BCUT2D eigenvalue weighted by atomic mass is 16.5. The van der Waals surface area contributed by atoms with Gasteiger partial charge in [-0.1, -0.05) is 32.9 Å². The molecule has 0 aliphatic rings. The lowest BCUT2D eigenvalue weighted by Crippen LogP contribution is -2.28. The highest BCUT2D eigenvalue weighted by Crippen LogP contribution is 2.24. The normalized spacial score (nSPS) is 11.0. The summed E-state index contributed by atoms with van der Waals surface area (Å²) in [6.07, 6.45) is 4.45. The Morgan fingerprint density at radius 3 is 2.50 bits per heavy atom. The molecule has 116 valence electrons. The number of rotatable bonds is 5. The SMILES string of the molecule is CC(C)(C)c1ccc(OCCNC(=O)c2cnccn2)cc1. The van der Waals surface area contributed by atoms with Gasteiger partial charge in [0, 0.05) is 12.4 Å². The second-order valence-corrected chi connectivity index (χ2v) is 5.97. The molecule has 0 aliphatic heterocycles. The van der Waals surface area contributed by atoms with Gasteiger partial charge in [0.15, 0.2) is 0 Å². The van der Waals surface area contributed by atoms with E-state index in [9.17, 15) is 4.79 Å².